The molecule has 0 saturated carbocycles. The van der Waals surface area contributed by atoms with Crippen molar-refractivity contribution in [3.8, 4) is 17.6 Å². The fourth-order valence-corrected chi connectivity index (χ4v) is 1.59. The average Bonchev–Trinajstić information content (AvgIpc) is 2.21. The molecule has 1 rings (SSSR count). The first kappa shape index (κ1) is 12.7. The van der Waals surface area contributed by atoms with Gasteiger partial charge < -0.3 is 9.47 Å². The molecule has 0 fully saturated rings. The third-order valence-corrected chi connectivity index (χ3v) is 2.16. The number of nitrogens with zero attached hydrogens (tertiary/aromatic N) is 1. The van der Waals surface area contributed by atoms with E-state index in [0.29, 0.717) is 16.5 Å². The fraction of sp³-hybridized carbons (Fsp3) is 0.417. The van der Waals surface area contributed by atoms with E-state index in [4.69, 9.17) is 26.3 Å². The highest BCUT2D eigenvalue weighted by molar-refractivity contribution is 6.30. The molecule has 16 heavy (non-hydrogen) atoms. The summed E-state index contributed by atoms with van der Waals surface area (Å²) in [5.74, 6) is 1.16. The van der Waals surface area contributed by atoms with Crippen LogP contribution in [0.1, 0.15) is 19.4 Å². The topological polar surface area (TPSA) is 42.2 Å². The molecule has 0 bridgehead atoms. The Bertz CT molecular complexity index is 410. The zero-order valence-corrected chi connectivity index (χ0v) is 10.3. The van der Waals surface area contributed by atoms with Gasteiger partial charge in [0.05, 0.1) is 25.7 Å². The Morgan fingerprint density at radius 3 is 2.62 bits per heavy atom. The molecule has 0 heterocycles. The standard InChI is InChI=1S/C12H14ClNO2/c1-8(2)16-12-9(4-5-14)6-10(13)7-11(12)15-3/h6-8H,4H2,1-3H3. The van der Waals surface area contributed by atoms with E-state index in [1.165, 1.54) is 0 Å². The van der Waals surface area contributed by atoms with Gasteiger partial charge in [-0.1, -0.05) is 11.6 Å². The molecule has 86 valence electrons. The molecule has 1 aromatic carbocycles. The third kappa shape index (κ3) is 3.04. The normalized spacial score (nSPS) is 10.0. The fourth-order valence-electron chi connectivity index (χ4n) is 1.36. The summed E-state index contributed by atoms with van der Waals surface area (Å²) in [7, 11) is 1.55. The highest BCUT2D eigenvalue weighted by Crippen LogP contribution is 2.35. The molecule has 0 N–H and O–H groups in total. The largest absolute Gasteiger partial charge is 0.493 e. The van der Waals surface area contributed by atoms with Crippen LogP contribution in [0.5, 0.6) is 11.5 Å². The first-order chi connectivity index (χ1) is 7.58. The maximum atomic E-state index is 8.74. The van der Waals surface area contributed by atoms with Crippen LogP contribution in [0.3, 0.4) is 0 Å². The van der Waals surface area contributed by atoms with Crippen LogP contribution in [0.4, 0.5) is 0 Å². The molecule has 0 radical (unpaired) electrons. The van der Waals surface area contributed by atoms with Crippen LogP contribution >= 0.6 is 11.6 Å². The Morgan fingerprint density at radius 1 is 1.44 bits per heavy atom. The molecule has 0 aliphatic carbocycles. The lowest BCUT2D eigenvalue weighted by atomic mass is 10.1. The van der Waals surface area contributed by atoms with Gasteiger partial charge in [-0.25, -0.2) is 0 Å². The summed E-state index contributed by atoms with van der Waals surface area (Å²) < 4.78 is 10.8. The van der Waals surface area contributed by atoms with Gasteiger partial charge in [-0.05, 0) is 19.9 Å². The van der Waals surface area contributed by atoms with Crippen molar-refractivity contribution < 1.29 is 9.47 Å². The number of nitriles is 1. The predicted octanol–water partition coefficient (Wildman–Crippen LogP) is 3.20. The number of hydrogen-bond donors (Lipinski definition) is 0. The van der Waals surface area contributed by atoms with Crippen molar-refractivity contribution in [1.82, 2.24) is 0 Å². The summed E-state index contributed by atoms with van der Waals surface area (Å²) in [6, 6.07) is 5.49. The molecule has 0 atom stereocenters. The summed E-state index contributed by atoms with van der Waals surface area (Å²) in [4.78, 5) is 0. The van der Waals surface area contributed by atoms with Crippen LogP contribution in [0.25, 0.3) is 0 Å². The molecule has 0 amide bonds. The van der Waals surface area contributed by atoms with E-state index >= 15 is 0 Å². The average molecular weight is 240 g/mol. The van der Waals surface area contributed by atoms with Crippen molar-refractivity contribution in [2.24, 2.45) is 0 Å². The second-order valence-corrected chi connectivity index (χ2v) is 4.03. The van der Waals surface area contributed by atoms with Crippen molar-refractivity contribution in [3.05, 3.63) is 22.7 Å². The van der Waals surface area contributed by atoms with Crippen LogP contribution in [0.15, 0.2) is 12.1 Å². The summed E-state index contributed by atoms with van der Waals surface area (Å²) in [6.45, 7) is 3.84. The summed E-state index contributed by atoms with van der Waals surface area (Å²) in [5.41, 5.74) is 0.751. The number of hydrogen-bond acceptors (Lipinski definition) is 3. The van der Waals surface area contributed by atoms with E-state index in [1.807, 2.05) is 13.8 Å². The molecule has 3 nitrogen and oxygen atoms in total. The van der Waals surface area contributed by atoms with E-state index in [9.17, 15) is 0 Å². The van der Waals surface area contributed by atoms with Gasteiger partial charge in [0.2, 0.25) is 0 Å². The van der Waals surface area contributed by atoms with Crippen LogP contribution in [-0.4, -0.2) is 13.2 Å². The minimum atomic E-state index is 0.0209. The maximum absolute atomic E-state index is 8.74. The monoisotopic (exact) mass is 239 g/mol. The minimum absolute atomic E-state index is 0.0209. The second-order valence-electron chi connectivity index (χ2n) is 3.60. The van der Waals surface area contributed by atoms with Crippen molar-refractivity contribution in [3.63, 3.8) is 0 Å². The van der Waals surface area contributed by atoms with Gasteiger partial charge >= 0.3 is 0 Å². The molecular formula is C12H14ClNO2. The Kier molecular flexibility index (Phi) is 4.45. The molecule has 0 saturated heterocycles. The predicted molar refractivity (Wildman–Crippen MR) is 63.1 cm³/mol. The lowest BCUT2D eigenvalue weighted by Gasteiger charge is -2.16. The first-order valence-electron chi connectivity index (χ1n) is 4.98. The highest BCUT2D eigenvalue weighted by Gasteiger charge is 2.13. The number of benzene rings is 1. The SMILES string of the molecule is COc1cc(Cl)cc(CC#N)c1OC(C)C. The van der Waals surface area contributed by atoms with Crippen molar-refractivity contribution >= 4 is 11.6 Å². The molecule has 1 aromatic rings. The van der Waals surface area contributed by atoms with Gasteiger partial charge in [-0.3, -0.25) is 0 Å². The van der Waals surface area contributed by atoms with Crippen molar-refractivity contribution in [1.29, 1.82) is 5.26 Å². The Hall–Kier alpha value is -1.40. The van der Waals surface area contributed by atoms with Crippen LogP contribution in [0, 0.1) is 11.3 Å². The van der Waals surface area contributed by atoms with Gasteiger partial charge in [0, 0.05) is 16.7 Å². The molecule has 0 aliphatic heterocycles. The van der Waals surface area contributed by atoms with Crippen LogP contribution in [0.2, 0.25) is 5.02 Å². The lowest BCUT2D eigenvalue weighted by molar-refractivity contribution is 0.228. The van der Waals surface area contributed by atoms with E-state index in [2.05, 4.69) is 6.07 Å². The second kappa shape index (κ2) is 5.62. The van der Waals surface area contributed by atoms with Gasteiger partial charge in [0.25, 0.3) is 0 Å². The van der Waals surface area contributed by atoms with Crippen LogP contribution < -0.4 is 9.47 Å². The Morgan fingerprint density at radius 2 is 2.12 bits per heavy atom. The molecule has 0 unspecified atom stereocenters. The van der Waals surface area contributed by atoms with E-state index in [-0.39, 0.29) is 12.5 Å². The molecule has 0 spiro atoms. The van der Waals surface area contributed by atoms with Crippen molar-refractivity contribution in [2.75, 3.05) is 7.11 Å². The lowest BCUT2D eigenvalue weighted by Crippen LogP contribution is -2.08. The van der Waals surface area contributed by atoms with Gasteiger partial charge in [0.15, 0.2) is 11.5 Å². The summed E-state index contributed by atoms with van der Waals surface area (Å²) in [5, 5.41) is 9.28. The quantitative estimate of drug-likeness (QED) is 0.810. The highest BCUT2D eigenvalue weighted by atomic mass is 35.5. The molecular weight excluding hydrogens is 226 g/mol. The number of ether oxygens (including phenoxy) is 2. The van der Waals surface area contributed by atoms with Crippen LogP contribution in [-0.2, 0) is 6.42 Å². The van der Waals surface area contributed by atoms with E-state index in [0.717, 1.165) is 5.56 Å². The van der Waals surface area contributed by atoms with E-state index in [1.54, 1.807) is 19.2 Å². The van der Waals surface area contributed by atoms with Crippen molar-refractivity contribution in [2.45, 2.75) is 26.4 Å². The molecule has 0 aliphatic rings. The third-order valence-electron chi connectivity index (χ3n) is 1.94. The van der Waals surface area contributed by atoms with Gasteiger partial charge in [0.1, 0.15) is 0 Å². The number of halogens is 1. The Labute approximate surface area is 101 Å². The number of methoxy groups -OCH3 is 1. The van der Waals surface area contributed by atoms with E-state index < -0.39 is 0 Å². The number of rotatable bonds is 4. The maximum Gasteiger partial charge on any atom is 0.165 e. The zero-order valence-electron chi connectivity index (χ0n) is 9.58. The smallest absolute Gasteiger partial charge is 0.165 e. The summed E-state index contributed by atoms with van der Waals surface area (Å²) >= 11 is 5.93. The molecule has 0 aromatic heterocycles. The molecule has 4 heteroatoms. The Balaban J connectivity index is 3.22. The van der Waals surface area contributed by atoms with Gasteiger partial charge in [-0.2, -0.15) is 5.26 Å². The minimum Gasteiger partial charge on any atom is -0.493 e. The summed E-state index contributed by atoms with van der Waals surface area (Å²) in [6.07, 6.45) is 0.270. The first-order valence-corrected chi connectivity index (χ1v) is 5.36. The van der Waals surface area contributed by atoms with Gasteiger partial charge in [-0.15, -0.1) is 0 Å². The zero-order chi connectivity index (χ0) is 12.1.